The van der Waals surface area contributed by atoms with Crippen molar-refractivity contribution in [2.75, 3.05) is 0 Å². The second kappa shape index (κ2) is 6.90. The molecule has 1 saturated heterocycles. The number of fused-ring (bicyclic) bond motifs is 1. The van der Waals surface area contributed by atoms with Crippen LogP contribution >= 0.6 is 0 Å². The summed E-state index contributed by atoms with van der Waals surface area (Å²) < 4.78 is 10.3. The molecule has 7 nitrogen and oxygen atoms in total. The molecule has 3 rings (SSSR count). The van der Waals surface area contributed by atoms with Crippen molar-refractivity contribution >= 4 is 23.8 Å². The molecule has 3 atom stereocenters. The number of imide groups is 1. The molecule has 0 aliphatic carbocycles. The molecule has 0 saturated carbocycles. The molecule has 138 valence electrons. The number of amides is 2. The predicted octanol–water partition coefficient (Wildman–Crippen LogP) is 1.94. The maximum absolute atomic E-state index is 12.7. The standard InChI is InChI=1S/C19H21NO6/c1-10(2)8-14(18(23)26-15-9-11(3)25-19(15)24)20-16(21)12-6-4-5-7-13(12)17(20)22/h4-7,10-11,14-15H,8-9H2,1-3H3/t11-,14+,15-/m0/s1. The van der Waals surface area contributed by atoms with Crippen LogP contribution in [0, 0.1) is 5.92 Å². The lowest BCUT2D eigenvalue weighted by Crippen LogP contribution is -2.47. The molecule has 0 aromatic heterocycles. The molecule has 1 aromatic carbocycles. The Morgan fingerprint density at radius 1 is 1.19 bits per heavy atom. The first-order chi connectivity index (χ1) is 12.3. The molecule has 0 radical (unpaired) electrons. The Kier molecular flexibility index (Phi) is 4.80. The van der Waals surface area contributed by atoms with E-state index >= 15 is 0 Å². The zero-order chi connectivity index (χ0) is 19.0. The maximum Gasteiger partial charge on any atom is 0.347 e. The van der Waals surface area contributed by atoms with E-state index in [1.165, 1.54) is 0 Å². The van der Waals surface area contributed by atoms with Gasteiger partial charge in [0.05, 0.1) is 11.1 Å². The van der Waals surface area contributed by atoms with Gasteiger partial charge in [-0.1, -0.05) is 26.0 Å². The molecule has 1 aromatic rings. The largest absolute Gasteiger partial charge is 0.460 e. The van der Waals surface area contributed by atoms with Gasteiger partial charge in [-0.25, -0.2) is 9.59 Å². The van der Waals surface area contributed by atoms with Gasteiger partial charge in [0.15, 0.2) is 0 Å². The molecule has 26 heavy (non-hydrogen) atoms. The van der Waals surface area contributed by atoms with Crippen molar-refractivity contribution in [2.24, 2.45) is 5.92 Å². The third-order valence-electron chi connectivity index (χ3n) is 4.49. The third kappa shape index (κ3) is 3.21. The van der Waals surface area contributed by atoms with Crippen molar-refractivity contribution in [3.63, 3.8) is 0 Å². The van der Waals surface area contributed by atoms with Gasteiger partial charge in [-0.3, -0.25) is 14.5 Å². The van der Waals surface area contributed by atoms with E-state index in [0.29, 0.717) is 0 Å². The lowest BCUT2D eigenvalue weighted by atomic mass is 10.0. The molecular formula is C19H21NO6. The number of carbonyl (C=O) groups is 4. The Labute approximate surface area is 151 Å². The van der Waals surface area contributed by atoms with E-state index in [1.54, 1.807) is 31.2 Å². The van der Waals surface area contributed by atoms with Gasteiger partial charge in [0.2, 0.25) is 6.10 Å². The van der Waals surface area contributed by atoms with Gasteiger partial charge in [0, 0.05) is 6.42 Å². The first kappa shape index (κ1) is 18.1. The summed E-state index contributed by atoms with van der Waals surface area (Å²) in [4.78, 5) is 50.8. The Morgan fingerprint density at radius 2 is 1.77 bits per heavy atom. The zero-order valence-electron chi connectivity index (χ0n) is 14.9. The predicted molar refractivity (Wildman–Crippen MR) is 90.2 cm³/mol. The number of ether oxygens (including phenoxy) is 2. The summed E-state index contributed by atoms with van der Waals surface area (Å²) in [6.07, 6.45) is -0.812. The first-order valence-electron chi connectivity index (χ1n) is 8.67. The van der Waals surface area contributed by atoms with Gasteiger partial charge >= 0.3 is 11.9 Å². The van der Waals surface area contributed by atoms with Crippen LogP contribution in [0.3, 0.4) is 0 Å². The monoisotopic (exact) mass is 359 g/mol. The van der Waals surface area contributed by atoms with Crippen molar-refractivity contribution in [1.29, 1.82) is 0 Å². The van der Waals surface area contributed by atoms with E-state index in [9.17, 15) is 19.2 Å². The minimum Gasteiger partial charge on any atom is -0.460 e. The number of cyclic esters (lactones) is 1. The van der Waals surface area contributed by atoms with E-state index in [-0.39, 0.29) is 36.0 Å². The van der Waals surface area contributed by atoms with Crippen LogP contribution in [0.2, 0.25) is 0 Å². The molecule has 2 heterocycles. The quantitative estimate of drug-likeness (QED) is 0.590. The summed E-state index contributed by atoms with van der Waals surface area (Å²) in [7, 11) is 0. The van der Waals surface area contributed by atoms with Gasteiger partial charge < -0.3 is 9.47 Å². The highest BCUT2D eigenvalue weighted by atomic mass is 16.6. The summed E-state index contributed by atoms with van der Waals surface area (Å²) in [6, 6.07) is 5.37. The molecule has 1 fully saturated rings. The SMILES string of the molecule is CC(C)C[C@H](C(=O)O[C@H]1C[C@H](C)OC1=O)N1C(=O)c2ccccc2C1=O. The van der Waals surface area contributed by atoms with Gasteiger partial charge in [0.25, 0.3) is 11.8 Å². The molecule has 7 heteroatoms. The number of carbonyl (C=O) groups excluding carboxylic acids is 4. The molecule has 0 bridgehead atoms. The minimum atomic E-state index is -1.08. The molecule has 0 spiro atoms. The highest BCUT2D eigenvalue weighted by molar-refractivity contribution is 6.22. The van der Waals surface area contributed by atoms with E-state index in [1.807, 2.05) is 13.8 Å². The van der Waals surface area contributed by atoms with Crippen LogP contribution in [0.15, 0.2) is 24.3 Å². The Morgan fingerprint density at radius 3 is 2.23 bits per heavy atom. The van der Waals surface area contributed by atoms with Crippen LogP contribution in [-0.4, -0.2) is 46.9 Å². The second-order valence-electron chi connectivity index (χ2n) is 7.08. The van der Waals surface area contributed by atoms with Crippen molar-refractivity contribution in [3.05, 3.63) is 35.4 Å². The number of benzene rings is 1. The van der Waals surface area contributed by atoms with Crippen LogP contribution in [-0.2, 0) is 19.1 Å². The van der Waals surface area contributed by atoms with Crippen molar-refractivity contribution < 1.29 is 28.7 Å². The number of hydrogen-bond acceptors (Lipinski definition) is 6. The molecule has 0 unspecified atom stereocenters. The smallest absolute Gasteiger partial charge is 0.347 e. The average molecular weight is 359 g/mol. The lowest BCUT2D eigenvalue weighted by Gasteiger charge is -2.26. The maximum atomic E-state index is 12.7. The van der Waals surface area contributed by atoms with Crippen LogP contribution in [0.5, 0.6) is 0 Å². The van der Waals surface area contributed by atoms with E-state index in [2.05, 4.69) is 0 Å². The van der Waals surface area contributed by atoms with Crippen LogP contribution in [0.4, 0.5) is 0 Å². The number of hydrogen-bond donors (Lipinski definition) is 0. The summed E-state index contributed by atoms with van der Waals surface area (Å²) in [5.74, 6) is -2.36. The summed E-state index contributed by atoms with van der Waals surface area (Å²) in [6.45, 7) is 5.47. The van der Waals surface area contributed by atoms with Crippen molar-refractivity contribution in [2.45, 2.75) is 51.9 Å². The Bertz CT molecular complexity index is 736. The number of esters is 2. The lowest BCUT2D eigenvalue weighted by molar-refractivity contribution is -0.163. The van der Waals surface area contributed by atoms with Crippen molar-refractivity contribution in [3.8, 4) is 0 Å². The summed E-state index contributed by atoms with van der Waals surface area (Å²) >= 11 is 0. The fourth-order valence-corrected chi connectivity index (χ4v) is 3.28. The summed E-state index contributed by atoms with van der Waals surface area (Å²) in [5, 5.41) is 0. The van der Waals surface area contributed by atoms with E-state index < -0.39 is 35.9 Å². The topological polar surface area (TPSA) is 90.0 Å². The fraction of sp³-hybridized carbons (Fsp3) is 0.474. The van der Waals surface area contributed by atoms with Crippen LogP contribution in [0.1, 0.15) is 54.3 Å². The van der Waals surface area contributed by atoms with Gasteiger partial charge in [-0.05, 0) is 31.4 Å². The van der Waals surface area contributed by atoms with Crippen LogP contribution in [0.25, 0.3) is 0 Å². The van der Waals surface area contributed by atoms with Crippen molar-refractivity contribution in [1.82, 2.24) is 4.90 Å². The molecular weight excluding hydrogens is 338 g/mol. The molecule has 2 aliphatic heterocycles. The molecule has 0 N–H and O–H groups in total. The Balaban J connectivity index is 1.85. The van der Waals surface area contributed by atoms with E-state index in [4.69, 9.17) is 9.47 Å². The fourth-order valence-electron chi connectivity index (χ4n) is 3.28. The first-order valence-corrected chi connectivity index (χ1v) is 8.67. The van der Waals surface area contributed by atoms with Gasteiger partial charge in [0.1, 0.15) is 12.1 Å². The molecule has 2 amide bonds. The third-order valence-corrected chi connectivity index (χ3v) is 4.49. The zero-order valence-corrected chi connectivity index (χ0v) is 14.9. The second-order valence-corrected chi connectivity index (χ2v) is 7.08. The molecule has 2 aliphatic rings. The normalized spacial score (nSPS) is 23.2. The van der Waals surface area contributed by atoms with E-state index in [0.717, 1.165) is 4.90 Å². The average Bonchev–Trinajstić information content (AvgIpc) is 3.02. The van der Waals surface area contributed by atoms with Crippen LogP contribution < -0.4 is 0 Å². The van der Waals surface area contributed by atoms with Gasteiger partial charge in [-0.2, -0.15) is 0 Å². The Hall–Kier alpha value is -2.70. The highest BCUT2D eigenvalue weighted by Crippen LogP contribution is 2.28. The number of rotatable bonds is 5. The number of nitrogens with zero attached hydrogens (tertiary/aromatic N) is 1. The summed E-state index contributed by atoms with van der Waals surface area (Å²) in [5.41, 5.74) is 0.543. The van der Waals surface area contributed by atoms with Gasteiger partial charge in [-0.15, -0.1) is 0 Å². The minimum absolute atomic E-state index is 0.0336. The highest BCUT2D eigenvalue weighted by Gasteiger charge is 2.45.